The number of aromatic amines is 1. The second kappa shape index (κ2) is 5.42. The first kappa shape index (κ1) is 17.2. The fourth-order valence-corrected chi connectivity index (χ4v) is 7.35. The molecule has 1 aromatic carbocycles. The number of H-pyrrole nitrogens is 1. The average molecular weight is 399 g/mol. The summed E-state index contributed by atoms with van der Waals surface area (Å²) in [5.74, 6) is 0.792. The van der Waals surface area contributed by atoms with Gasteiger partial charge in [0.25, 0.3) is 0 Å². The summed E-state index contributed by atoms with van der Waals surface area (Å²) in [5.41, 5.74) is 6.08. The molecule has 4 atom stereocenters. The van der Waals surface area contributed by atoms with Gasteiger partial charge in [-0.2, -0.15) is 5.10 Å². The zero-order valence-electron chi connectivity index (χ0n) is 17.3. The second-order valence-corrected chi connectivity index (χ2v) is 10.2. The van der Waals surface area contributed by atoms with Crippen LogP contribution in [0.2, 0.25) is 0 Å². The van der Waals surface area contributed by atoms with Crippen LogP contribution >= 0.6 is 0 Å². The summed E-state index contributed by atoms with van der Waals surface area (Å²) in [5, 5.41) is 8.46. The Morgan fingerprint density at radius 2 is 2.13 bits per heavy atom. The summed E-state index contributed by atoms with van der Waals surface area (Å²) < 4.78 is 7.07. The molecule has 3 heterocycles. The molecule has 2 aliphatic heterocycles. The van der Waals surface area contributed by atoms with E-state index < -0.39 is 0 Å². The van der Waals surface area contributed by atoms with Gasteiger partial charge in [-0.05, 0) is 60.5 Å². The van der Waals surface area contributed by atoms with E-state index >= 15 is 0 Å². The molecule has 2 fully saturated rings. The minimum absolute atomic E-state index is 0.0484. The maximum Gasteiger partial charge on any atom is 0.136 e. The SMILES string of the molecule is C[C@]12CC=C3C=C4CCC(=O)CC45CC[C@]3(O5)[C@@H]1CC=C2c1ccc2cn[nH]c2c1. The second-order valence-electron chi connectivity index (χ2n) is 10.2. The average Bonchev–Trinajstić information content (AvgIpc) is 3.41. The molecule has 3 aliphatic carbocycles. The predicted molar refractivity (Wildman–Crippen MR) is 116 cm³/mol. The summed E-state index contributed by atoms with van der Waals surface area (Å²) in [4.78, 5) is 12.3. The molecule has 1 unspecified atom stereocenters. The zero-order chi connectivity index (χ0) is 20.1. The quantitative estimate of drug-likeness (QED) is 0.711. The van der Waals surface area contributed by atoms with E-state index in [-0.39, 0.29) is 16.6 Å². The number of carbonyl (C=O) groups is 1. The van der Waals surface area contributed by atoms with Gasteiger partial charge >= 0.3 is 0 Å². The van der Waals surface area contributed by atoms with Crippen LogP contribution in [-0.2, 0) is 9.53 Å². The Kier molecular flexibility index (Phi) is 3.11. The molecule has 2 bridgehead atoms. The van der Waals surface area contributed by atoms with Crippen LogP contribution in [0.4, 0.5) is 0 Å². The Balaban J connectivity index is 1.33. The summed E-state index contributed by atoms with van der Waals surface area (Å²) in [6, 6.07) is 6.65. The summed E-state index contributed by atoms with van der Waals surface area (Å²) in [6.45, 7) is 2.43. The number of rotatable bonds is 1. The van der Waals surface area contributed by atoms with Crippen molar-refractivity contribution < 1.29 is 9.53 Å². The van der Waals surface area contributed by atoms with Crippen LogP contribution in [0.5, 0.6) is 0 Å². The van der Waals surface area contributed by atoms with Crippen LogP contribution in [0, 0.1) is 11.3 Å². The van der Waals surface area contributed by atoms with Crippen molar-refractivity contribution in [1.29, 1.82) is 0 Å². The fourth-order valence-electron chi connectivity index (χ4n) is 7.35. The molecular weight excluding hydrogens is 372 g/mol. The van der Waals surface area contributed by atoms with Crippen molar-refractivity contribution in [2.45, 2.75) is 63.1 Å². The Labute approximate surface area is 176 Å². The molecule has 4 nitrogen and oxygen atoms in total. The van der Waals surface area contributed by atoms with Crippen molar-refractivity contribution in [2.24, 2.45) is 11.3 Å². The van der Waals surface area contributed by atoms with Crippen LogP contribution in [0.25, 0.3) is 16.5 Å². The lowest BCUT2D eigenvalue weighted by atomic mass is 9.58. The topological polar surface area (TPSA) is 55.0 Å². The zero-order valence-corrected chi connectivity index (χ0v) is 17.3. The number of carbonyl (C=O) groups excluding carboxylic acids is 1. The van der Waals surface area contributed by atoms with Crippen LogP contribution < -0.4 is 0 Å². The van der Waals surface area contributed by atoms with Gasteiger partial charge in [0.05, 0.1) is 22.9 Å². The van der Waals surface area contributed by atoms with Crippen LogP contribution in [0.15, 0.2) is 53.8 Å². The van der Waals surface area contributed by atoms with Crippen molar-refractivity contribution in [3.8, 4) is 0 Å². The van der Waals surface area contributed by atoms with E-state index in [0.717, 1.165) is 43.0 Å². The number of aromatic nitrogens is 2. The summed E-state index contributed by atoms with van der Waals surface area (Å²) in [6.07, 6.45) is 15.4. The highest BCUT2D eigenvalue weighted by atomic mass is 16.5. The normalized spacial score (nSPS) is 39.2. The molecule has 1 aromatic heterocycles. The maximum atomic E-state index is 12.3. The van der Waals surface area contributed by atoms with E-state index in [2.05, 4.69) is 53.5 Å². The van der Waals surface area contributed by atoms with Gasteiger partial charge in [0, 0.05) is 29.6 Å². The highest BCUT2D eigenvalue weighted by Crippen LogP contribution is 2.67. The number of hydrogen-bond donors (Lipinski definition) is 1. The largest absolute Gasteiger partial charge is 0.359 e. The summed E-state index contributed by atoms with van der Waals surface area (Å²) in [7, 11) is 0. The van der Waals surface area contributed by atoms with Gasteiger partial charge in [-0.1, -0.05) is 37.3 Å². The van der Waals surface area contributed by atoms with E-state index in [9.17, 15) is 4.79 Å². The lowest BCUT2D eigenvalue weighted by Crippen LogP contribution is -2.53. The van der Waals surface area contributed by atoms with E-state index in [1.165, 1.54) is 22.3 Å². The maximum absolute atomic E-state index is 12.3. The number of nitrogens with zero attached hydrogens (tertiary/aromatic N) is 1. The standard InChI is InChI=1S/C26H26N2O2/c1-24-9-8-19-13-18-4-5-20(29)14-25(18)10-11-26(19,30-25)23(24)7-6-21(24)16-2-3-17-15-27-28-22(17)12-16/h2-3,6,8,12-13,15,23H,4-5,7,9-11,14H2,1H3,(H,27,28)/t23-,24-,25?,26-/m1/s1. The number of ether oxygens (including phenoxy) is 1. The molecule has 30 heavy (non-hydrogen) atoms. The van der Waals surface area contributed by atoms with Gasteiger partial charge in [-0.3, -0.25) is 9.89 Å². The van der Waals surface area contributed by atoms with E-state index in [1.54, 1.807) is 0 Å². The van der Waals surface area contributed by atoms with Gasteiger partial charge in [0.15, 0.2) is 0 Å². The highest BCUT2D eigenvalue weighted by Gasteiger charge is 2.65. The molecular formula is C26H26N2O2. The fraction of sp³-hybridized carbons (Fsp3) is 0.462. The van der Waals surface area contributed by atoms with Gasteiger partial charge in [-0.15, -0.1) is 0 Å². The first-order valence-corrected chi connectivity index (χ1v) is 11.3. The lowest BCUT2D eigenvalue weighted by Gasteiger charge is -2.53. The molecule has 7 rings (SSSR count). The van der Waals surface area contributed by atoms with Gasteiger partial charge in [-0.25, -0.2) is 0 Å². The molecule has 0 radical (unpaired) electrons. The van der Waals surface area contributed by atoms with Crippen LogP contribution in [0.1, 0.15) is 57.4 Å². The third-order valence-corrected chi connectivity index (χ3v) is 8.84. The summed E-state index contributed by atoms with van der Waals surface area (Å²) >= 11 is 0. The van der Waals surface area contributed by atoms with Crippen LogP contribution in [-0.4, -0.2) is 27.2 Å². The number of hydrogen-bond acceptors (Lipinski definition) is 3. The van der Waals surface area contributed by atoms with Crippen molar-refractivity contribution in [1.82, 2.24) is 10.2 Å². The minimum Gasteiger partial charge on any atom is -0.359 e. The third kappa shape index (κ3) is 1.96. The van der Waals surface area contributed by atoms with Crippen LogP contribution in [0.3, 0.4) is 0 Å². The van der Waals surface area contributed by atoms with E-state index in [4.69, 9.17) is 4.74 Å². The number of benzene rings is 1. The van der Waals surface area contributed by atoms with Gasteiger partial charge in [0.1, 0.15) is 5.78 Å². The number of fused-ring (bicyclic) bond motifs is 2. The number of allylic oxidation sites excluding steroid dienone is 3. The smallest absolute Gasteiger partial charge is 0.136 e. The lowest BCUT2D eigenvalue weighted by molar-refractivity contribution is -0.143. The molecule has 4 heteroatoms. The Bertz CT molecular complexity index is 1220. The Morgan fingerprint density at radius 3 is 3.07 bits per heavy atom. The monoisotopic (exact) mass is 398 g/mol. The molecule has 0 amide bonds. The highest BCUT2D eigenvalue weighted by molar-refractivity contribution is 5.85. The van der Waals surface area contributed by atoms with E-state index in [0.29, 0.717) is 24.5 Å². The predicted octanol–water partition coefficient (Wildman–Crippen LogP) is 5.28. The number of ketones is 1. The molecule has 1 saturated heterocycles. The number of nitrogens with one attached hydrogen (secondary N) is 1. The molecule has 152 valence electrons. The van der Waals surface area contributed by atoms with Crippen molar-refractivity contribution >= 4 is 22.3 Å². The van der Waals surface area contributed by atoms with Gasteiger partial charge in [0.2, 0.25) is 0 Å². The molecule has 1 N–H and O–H groups in total. The Morgan fingerprint density at radius 1 is 1.20 bits per heavy atom. The van der Waals surface area contributed by atoms with Gasteiger partial charge < -0.3 is 4.74 Å². The molecule has 5 aliphatic rings. The van der Waals surface area contributed by atoms with Crippen molar-refractivity contribution in [3.05, 3.63) is 59.3 Å². The first-order chi connectivity index (χ1) is 14.5. The third-order valence-electron chi connectivity index (χ3n) is 8.84. The molecule has 2 spiro atoms. The van der Waals surface area contributed by atoms with Crippen molar-refractivity contribution in [3.63, 3.8) is 0 Å². The van der Waals surface area contributed by atoms with E-state index in [1.807, 2.05) is 6.20 Å². The first-order valence-electron chi connectivity index (χ1n) is 11.3. The number of Topliss-reactive ketones (excluding diaryl/α,β-unsaturated/α-hetero) is 1. The van der Waals surface area contributed by atoms with Crippen molar-refractivity contribution in [2.75, 3.05) is 0 Å². The molecule has 1 saturated carbocycles. The molecule has 2 aromatic rings. The minimum atomic E-state index is -0.317. The Hall–Kier alpha value is -2.46.